The molecule has 0 spiro atoms. The molecule has 1 nitrogen and oxygen atoms in total. The Balaban J connectivity index is 1.73. The molecule has 1 aromatic carbocycles. The van der Waals surface area contributed by atoms with Crippen molar-refractivity contribution in [3.63, 3.8) is 0 Å². The third kappa shape index (κ3) is 3.82. The molecule has 1 saturated heterocycles. The zero-order valence-corrected chi connectivity index (χ0v) is 11.1. The molecule has 1 aromatic rings. The summed E-state index contributed by atoms with van der Waals surface area (Å²) in [6.07, 6.45) is 1.39. The van der Waals surface area contributed by atoms with E-state index in [0.29, 0.717) is 0 Å². The zero-order chi connectivity index (χ0) is 10.5. The van der Waals surface area contributed by atoms with Crippen LogP contribution in [0.25, 0.3) is 0 Å². The van der Waals surface area contributed by atoms with Gasteiger partial charge < -0.3 is 5.32 Å². The van der Waals surface area contributed by atoms with E-state index in [0.717, 1.165) is 12.5 Å². The number of thioether (sulfide) groups is 1. The van der Waals surface area contributed by atoms with Gasteiger partial charge in [-0.2, -0.15) is 11.8 Å². The zero-order valence-electron chi connectivity index (χ0n) is 8.71. The molecule has 0 bridgehead atoms. The van der Waals surface area contributed by atoms with Crippen LogP contribution < -0.4 is 5.32 Å². The Hall–Kier alpha value is 0.01000. The number of benzene rings is 1. The van der Waals surface area contributed by atoms with Gasteiger partial charge in [-0.3, -0.25) is 0 Å². The fraction of sp³-hybridized carbons (Fsp3) is 0.500. The van der Waals surface area contributed by atoms with Crippen LogP contribution in [0.3, 0.4) is 0 Å². The van der Waals surface area contributed by atoms with Crippen molar-refractivity contribution in [2.24, 2.45) is 5.92 Å². The van der Waals surface area contributed by atoms with Crippen LogP contribution in [-0.2, 0) is 6.54 Å². The molecule has 0 aliphatic carbocycles. The predicted octanol–water partition coefficient (Wildman–Crippen LogP) is 3.29. The van der Waals surface area contributed by atoms with E-state index in [2.05, 4.69) is 57.3 Å². The molecule has 1 N–H and O–H groups in total. The van der Waals surface area contributed by atoms with Crippen LogP contribution in [0.2, 0.25) is 0 Å². The van der Waals surface area contributed by atoms with Crippen molar-refractivity contribution in [1.29, 1.82) is 0 Å². The molecule has 1 heterocycles. The quantitative estimate of drug-likeness (QED) is 0.911. The van der Waals surface area contributed by atoms with Crippen LogP contribution in [-0.4, -0.2) is 18.1 Å². The number of hydrogen-bond acceptors (Lipinski definition) is 2. The highest BCUT2D eigenvalue weighted by molar-refractivity contribution is 9.10. The first-order valence-electron chi connectivity index (χ1n) is 5.37. The topological polar surface area (TPSA) is 12.0 Å². The highest BCUT2D eigenvalue weighted by Gasteiger charge is 2.14. The summed E-state index contributed by atoms with van der Waals surface area (Å²) in [6, 6.07) is 8.50. The lowest BCUT2D eigenvalue weighted by Gasteiger charge is -2.09. The summed E-state index contributed by atoms with van der Waals surface area (Å²) < 4.78 is 1.17. The third-order valence-electron chi connectivity index (χ3n) is 2.68. The molecule has 1 fully saturated rings. The molecule has 82 valence electrons. The minimum atomic E-state index is 0.891. The van der Waals surface area contributed by atoms with Gasteiger partial charge in [-0.25, -0.2) is 0 Å². The molecule has 1 unspecified atom stereocenters. The lowest BCUT2D eigenvalue weighted by atomic mass is 10.1. The van der Waals surface area contributed by atoms with Crippen molar-refractivity contribution < 1.29 is 0 Å². The highest BCUT2D eigenvalue weighted by atomic mass is 79.9. The monoisotopic (exact) mass is 285 g/mol. The Morgan fingerprint density at radius 3 is 3.13 bits per heavy atom. The summed E-state index contributed by atoms with van der Waals surface area (Å²) in [6.45, 7) is 2.15. The number of nitrogens with one attached hydrogen (secondary N) is 1. The van der Waals surface area contributed by atoms with Gasteiger partial charge >= 0.3 is 0 Å². The SMILES string of the molecule is Brc1cccc(CNCC2CCSC2)c1. The van der Waals surface area contributed by atoms with Gasteiger partial charge in [-0.05, 0) is 48.1 Å². The van der Waals surface area contributed by atoms with E-state index in [-0.39, 0.29) is 0 Å². The summed E-state index contributed by atoms with van der Waals surface area (Å²) in [5.41, 5.74) is 1.36. The summed E-state index contributed by atoms with van der Waals surface area (Å²) in [4.78, 5) is 0. The van der Waals surface area contributed by atoms with Crippen molar-refractivity contribution in [2.45, 2.75) is 13.0 Å². The van der Waals surface area contributed by atoms with Crippen LogP contribution in [0.4, 0.5) is 0 Å². The standard InChI is InChI=1S/C12H16BrNS/c13-12-3-1-2-10(6-12)7-14-8-11-4-5-15-9-11/h1-3,6,11,14H,4-5,7-9H2. The molecule has 0 aromatic heterocycles. The Morgan fingerprint density at radius 2 is 2.40 bits per heavy atom. The Labute approximate surface area is 104 Å². The second-order valence-corrected chi connectivity index (χ2v) is 6.06. The van der Waals surface area contributed by atoms with Gasteiger partial charge in [0.2, 0.25) is 0 Å². The maximum atomic E-state index is 3.54. The fourth-order valence-corrected chi connectivity index (χ4v) is 3.54. The van der Waals surface area contributed by atoms with E-state index in [1.807, 2.05) is 0 Å². The van der Waals surface area contributed by atoms with Gasteiger partial charge in [-0.15, -0.1) is 0 Å². The first-order valence-corrected chi connectivity index (χ1v) is 7.32. The Kier molecular flexibility index (Phi) is 4.54. The van der Waals surface area contributed by atoms with Crippen molar-refractivity contribution in [3.8, 4) is 0 Å². The van der Waals surface area contributed by atoms with Crippen LogP contribution in [0.15, 0.2) is 28.7 Å². The van der Waals surface area contributed by atoms with E-state index in [9.17, 15) is 0 Å². The normalized spacial score (nSPS) is 20.7. The molecular formula is C12H16BrNS. The van der Waals surface area contributed by atoms with Gasteiger partial charge in [0.05, 0.1) is 0 Å². The Bertz CT molecular complexity index is 310. The van der Waals surface area contributed by atoms with Crippen LogP contribution in [0.1, 0.15) is 12.0 Å². The largest absolute Gasteiger partial charge is 0.312 e. The smallest absolute Gasteiger partial charge is 0.0206 e. The summed E-state index contributed by atoms with van der Waals surface area (Å²) in [5.74, 6) is 3.58. The molecule has 1 aliphatic heterocycles. The predicted molar refractivity (Wildman–Crippen MR) is 71.3 cm³/mol. The molecule has 1 aliphatic rings. The minimum absolute atomic E-state index is 0.891. The molecule has 1 atom stereocenters. The fourth-order valence-electron chi connectivity index (χ4n) is 1.81. The van der Waals surface area contributed by atoms with Crippen LogP contribution >= 0.6 is 27.7 Å². The second-order valence-electron chi connectivity index (χ2n) is 3.99. The average molecular weight is 286 g/mol. The second kappa shape index (κ2) is 5.92. The van der Waals surface area contributed by atoms with Crippen LogP contribution in [0.5, 0.6) is 0 Å². The first-order chi connectivity index (χ1) is 7.34. The van der Waals surface area contributed by atoms with E-state index in [1.165, 1.54) is 34.5 Å². The molecule has 0 amide bonds. The van der Waals surface area contributed by atoms with E-state index < -0.39 is 0 Å². The van der Waals surface area contributed by atoms with Gasteiger partial charge in [0, 0.05) is 11.0 Å². The van der Waals surface area contributed by atoms with Gasteiger partial charge in [0.1, 0.15) is 0 Å². The maximum absolute atomic E-state index is 3.54. The molecular weight excluding hydrogens is 270 g/mol. The van der Waals surface area contributed by atoms with Crippen molar-refractivity contribution >= 4 is 27.7 Å². The number of hydrogen-bond donors (Lipinski definition) is 1. The molecule has 15 heavy (non-hydrogen) atoms. The first kappa shape index (κ1) is 11.5. The Morgan fingerprint density at radius 1 is 1.47 bits per heavy atom. The van der Waals surface area contributed by atoms with Crippen molar-refractivity contribution in [3.05, 3.63) is 34.3 Å². The van der Waals surface area contributed by atoms with Gasteiger partial charge in [0.25, 0.3) is 0 Å². The number of halogens is 1. The van der Waals surface area contributed by atoms with E-state index in [1.54, 1.807) is 0 Å². The summed E-state index contributed by atoms with van der Waals surface area (Å²) in [5, 5.41) is 3.54. The van der Waals surface area contributed by atoms with Crippen molar-refractivity contribution in [1.82, 2.24) is 5.32 Å². The van der Waals surface area contributed by atoms with Crippen molar-refractivity contribution in [2.75, 3.05) is 18.1 Å². The minimum Gasteiger partial charge on any atom is -0.312 e. The third-order valence-corrected chi connectivity index (χ3v) is 4.40. The maximum Gasteiger partial charge on any atom is 0.0206 e. The van der Waals surface area contributed by atoms with Gasteiger partial charge in [0.15, 0.2) is 0 Å². The number of rotatable bonds is 4. The van der Waals surface area contributed by atoms with Gasteiger partial charge in [-0.1, -0.05) is 28.1 Å². The highest BCUT2D eigenvalue weighted by Crippen LogP contribution is 2.22. The summed E-state index contributed by atoms with van der Waals surface area (Å²) in [7, 11) is 0. The lowest BCUT2D eigenvalue weighted by molar-refractivity contribution is 0.523. The molecule has 0 saturated carbocycles. The summed E-state index contributed by atoms with van der Waals surface area (Å²) >= 11 is 5.57. The average Bonchev–Trinajstić information content (AvgIpc) is 2.71. The van der Waals surface area contributed by atoms with Crippen LogP contribution in [0, 0.1) is 5.92 Å². The lowest BCUT2D eigenvalue weighted by Crippen LogP contribution is -2.22. The molecule has 3 heteroatoms. The van der Waals surface area contributed by atoms with E-state index in [4.69, 9.17) is 0 Å². The molecule has 2 rings (SSSR count). The molecule has 0 radical (unpaired) electrons. The van der Waals surface area contributed by atoms with E-state index >= 15 is 0 Å².